The Morgan fingerprint density at radius 2 is 2.00 bits per heavy atom. The quantitative estimate of drug-likeness (QED) is 0.855. The van der Waals surface area contributed by atoms with Crippen LogP contribution < -0.4 is 5.56 Å². The van der Waals surface area contributed by atoms with Gasteiger partial charge in [-0.05, 0) is 49.8 Å². The molecule has 2 aliphatic rings. The fourth-order valence-corrected chi connectivity index (χ4v) is 4.39. The van der Waals surface area contributed by atoms with E-state index < -0.39 is 0 Å². The van der Waals surface area contributed by atoms with Gasteiger partial charge in [-0.1, -0.05) is 25.3 Å². The number of nitrogens with zero attached hydrogens (tertiary/aromatic N) is 3. The Morgan fingerprint density at radius 3 is 2.87 bits per heavy atom. The van der Waals surface area contributed by atoms with Crippen molar-refractivity contribution < 1.29 is 0 Å². The summed E-state index contributed by atoms with van der Waals surface area (Å²) in [6.45, 7) is 5.13. The number of aryl methyl sites for hydroxylation is 1. The van der Waals surface area contributed by atoms with Gasteiger partial charge in [0.2, 0.25) is 0 Å². The fraction of sp³-hybridized carbons (Fsp3) is 0.579. The van der Waals surface area contributed by atoms with Gasteiger partial charge in [0.15, 0.2) is 0 Å². The van der Waals surface area contributed by atoms with Gasteiger partial charge in [0, 0.05) is 25.4 Å². The average Bonchev–Trinajstić information content (AvgIpc) is 2.55. The number of pyridine rings is 1. The number of aromatic nitrogens is 2. The van der Waals surface area contributed by atoms with Crippen molar-refractivity contribution in [3.8, 4) is 0 Å². The zero-order chi connectivity index (χ0) is 15.8. The van der Waals surface area contributed by atoms with Gasteiger partial charge < -0.3 is 0 Å². The lowest BCUT2D eigenvalue weighted by molar-refractivity contribution is 0.0812. The second-order valence-electron chi connectivity index (χ2n) is 7.35. The summed E-state index contributed by atoms with van der Waals surface area (Å²) in [6.07, 6.45) is 8.80. The first-order valence-electron chi connectivity index (χ1n) is 8.90. The Bertz CT molecular complexity index is 767. The van der Waals surface area contributed by atoms with E-state index in [2.05, 4.69) is 4.90 Å². The molecule has 1 saturated heterocycles. The maximum atomic E-state index is 12.3. The molecule has 0 bridgehead atoms. The Labute approximate surface area is 137 Å². The molecule has 0 unspecified atom stereocenters. The van der Waals surface area contributed by atoms with Crippen LogP contribution in [0.25, 0.3) is 5.65 Å². The molecule has 2 fully saturated rings. The molecule has 2 aromatic rings. The minimum atomic E-state index is 0.0289. The largest absolute Gasteiger partial charge is 0.297 e. The molecule has 2 aromatic heterocycles. The maximum Gasteiger partial charge on any atom is 0.258 e. The van der Waals surface area contributed by atoms with Crippen molar-refractivity contribution in [2.75, 3.05) is 13.1 Å². The number of rotatable bonds is 2. The normalized spacial score (nSPS) is 25.4. The van der Waals surface area contributed by atoms with Gasteiger partial charge in [-0.3, -0.25) is 14.1 Å². The van der Waals surface area contributed by atoms with Crippen molar-refractivity contribution >= 4 is 5.65 Å². The van der Waals surface area contributed by atoms with E-state index in [1.807, 2.05) is 25.3 Å². The summed E-state index contributed by atoms with van der Waals surface area (Å²) < 4.78 is 1.65. The molecule has 4 nitrogen and oxygen atoms in total. The number of likely N-dealkylation sites (tertiary alicyclic amines) is 1. The molecule has 122 valence electrons. The van der Waals surface area contributed by atoms with Crippen molar-refractivity contribution in [1.29, 1.82) is 0 Å². The highest BCUT2D eigenvalue weighted by Gasteiger charge is 2.31. The number of fused-ring (bicyclic) bond motifs is 2. The predicted molar refractivity (Wildman–Crippen MR) is 91.5 cm³/mol. The molecular formula is C19H25N3O. The Morgan fingerprint density at radius 1 is 1.17 bits per heavy atom. The van der Waals surface area contributed by atoms with Crippen LogP contribution in [-0.4, -0.2) is 27.4 Å². The lowest BCUT2D eigenvalue weighted by atomic mass is 9.75. The van der Waals surface area contributed by atoms with Crippen molar-refractivity contribution in [2.45, 2.75) is 45.6 Å². The molecule has 0 spiro atoms. The molecule has 23 heavy (non-hydrogen) atoms. The lowest BCUT2D eigenvalue weighted by Gasteiger charge is -2.41. The third kappa shape index (κ3) is 3.05. The Kier molecular flexibility index (Phi) is 3.93. The second-order valence-corrected chi connectivity index (χ2v) is 7.35. The fourth-order valence-electron chi connectivity index (χ4n) is 4.39. The highest BCUT2D eigenvalue weighted by molar-refractivity contribution is 5.39. The zero-order valence-corrected chi connectivity index (χ0v) is 13.9. The molecule has 0 N–H and O–H groups in total. The van der Waals surface area contributed by atoms with Crippen molar-refractivity contribution in [3.63, 3.8) is 0 Å². The van der Waals surface area contributed by atoms with Crippen LogP contribution in [0.2, 0.25) is 0 Å². The topological polar surface area (TPSA) is 37.6 Å². The van der Waals surface area contributed by atoms with Crippen LogP contribution in [0.5, 0.6) is 0 Å². The average molecular weight is 311 g/mol. The third-order valence-electron chi connectivity index (χ3n) is 5.62. The first-order chi connectivity index (χ1) is 11.2. The van der Waals surface area contributed by atoms with E-state index >= 15 is 0 Å². The first-order valence-corrected chi connectivity index (χ1v) is 8.90. The van der Waals surface area contributed by atoms with Crippen LogP contribution in [0, 0.1) is 18.8 Å². The Hall–Kier alpha value is -1.68. The van der Waals surface area contributed by atoms with Gasteiger partial charge in [0.25, 0.3) is 5.56 Å². The minimum Gasteiger partial charge on any atom is -0.297 e. The van der Waals surface area contributed by atoms with Crippen LogP contribution in [0.15, 0.2) is 29.2 Å². The summed E-state index contributed by atoms with van der Waals surface area (Å²) in [5.41, 5.74) is 2.77. The molecule has 3 heterocycles. The van der Waals surface area contributed by atoms with Gasteiger partial charge in [0.05, 0.1) is 5.69 Å². The highest BCUT2D eigenvalue weighted by atomic mass is 16.1. The number of hydrogen-bond donors (Lipinski definition) is 0. The molecule has 1 saturated carbocycles. The van der Waals surface area contributed by atoms with E-state index in [1.54, 1.807) is 10.5 Å². The summed E-state index contributed by atoms with van der Waals surface area (Å²) >= 11 is 0. The summed E-state index contributed by atoms with van der Waals surface area (Å²) in [5.74, 6) is 1.81. The van der Waals surface area contributed by atoms with Gasteiger partial charge in [-0.15, -0.1) is 0 Å². The molecule has 0 amide bonds. The van der Waals surface area contributed by atoms with Crippen LogP contribution in [0.4, 0.5) is 0 Å². The van der Waals surface area contributed by atoms with Crippen LogP contribution in [0.1, 0.15) is 43.4 Å². The first kappa shape index (κ1) is 14.9. The van der Waals surface area contributed by atoms with E-state index in [1.165, 1.54) is 38.6 Å². The van der Waals surface area contributed by atoms with Crippen molar-refractivity contribution in [1.82, 2.24) is 14.3 Å². The van der Waals surface area contributed by atoms with Crippen LogP contribution in [0.3, 0.4) is 0 Å². The van der Waals surface area contributed by atoms with Gasteiger partial charge in [-0.25, -0.2) is 4.98 Å². The molecule has 4 rings (SSSR count). The summed E-state index contributed by atoms with van der Waals surface area (Å²) in [6, 6.07) is 5.66. The molecule has 1 aliphatic heterocycles. The molecule has 0 aromatic carbocycles. The summed E-state index contributed by atoms with van der Waals surface area (Å²) in [5, 5.41) is 0. The highest BCUT2D eigenvalue weighted by Crippen LogP contribution is 2.36. The second kappa shape index (κ2) is 6.08. The molecule has 2 atom stereocenters. The van der Waals surface area contributed by atoms with Gasteiger partial charge in [0.1, 0.15) is 5.65 Å². The third-order valence-corrected chi connectivity index (χ3v) is 5.62. The van der Waals surface area contributed by atoms with Gasteiger partial charge in [-0.2, -0.15) is 0 Å². The lowest BCUT2D eigenvalue weighted by Crippen LogP contribution is -2.41. The van der Waals surface area contributed by atoms with Crippen LogP contribution >= 0.6 is 0 Å². The minimum absolute atomic E-state index is 0.0289. The molecule has 4 heteroatoms. The molecule has 0 radical (unpaired) electrons. The van der Waals surface area contributed by atoms with Gasteiger partial charge >= 0.3 is 0 Å². The van der Waals surface area contributed by atoms with E-state index in [0.717, 1.165) is 41.8 Å². The smallest absolute Gasteiger partial charge is 0.258 e. The SMILES string of the molecule is Cc1ccc2nc(CN3CC[C@@H]4CCCC[C@H]4C3)cc(=O)n2c1. The number of piperidine rings is 1. The van der Waals surface area contributed by atoms with Crippen molar-refractivity contribution in [2.24, 2.45) is 11.8 Å². The predicted octanol–water partition coefficient (Wildman–Crippen LogP) is 3.02. The van der Waals surface area contributed by atoms with E-state index in [4.69, 9.17) is 4.98 Å². The van der Waals surface area contributed by atoms with Crippen LogP contribution in [-0.2, 0) is 6.54 Å². The maximum absolute atomic E-state index is 12.3. The Balaban J connectivity index is 1.53. The van der Waals surface area contributed by atoms with E-state index in [-0.39, 0.29) is 5.56 Å². The van der Waals surface area contributed by atoms with Crippen molar-refractivity contribution in [3.05, 3.63) is 46.0 Å². The monoisotopic (exact) mass is 311 g/mol. The molecular weight excluding hydrogens is 286 g/mol. The standard InChI is InChI=1S/C19H25N3O/c1-14-6-7-18-20-17(10-19(23)22(18)11-14)13-21-9-8-15-4-2-3-5-16(15)12-21/h6-7,10-11,15-16H,2-5,8-9,12-13H2,1H3/t15-,16-/m0/s1. The van der Waals surface area contributed by atoms with E-state index in [0.29, 0.717) is 0 Å². The number of hydrogen-bond acceptors (Lipinski definition) is 3. The summed E-state index contributed by atoms with van der Waals surface area (Å²) in [4.78, 5) is 19.5. The summed E-state index contributed by atoms with van der Waals surface area (Å²) in [7, 11) is 0. The van der Waals surface area contributed by atoms with E-state index in [9.17, 15) is 4.79 Å². The zero-order valence-electron chi connectivity index (χ0n) is 13.9. The molecule has 1 aliphatic carbocycles.